The van der Waals surface area contributed by atoms with Crippen molar-refractivity contribution in [3.8, 4) is 0 Å². The predicted octanol–water partition coefficient (Wildman–Crippen LogP) is 1.81. The number of benzene rings is 1. The summed E-state index contributed by atoms with van der Waals surface area (Å²) in [5.74, 6) is -1.08. The Morgan fingerprint density at radius 2 is 1.88 bits per heavy atom. The smallest absolute Gasteiger partial charge is 0.243 e. The van der Waals surface area contributed by atoms with Crippen molar-refractivity contribution in [2.24, 2.45) is 0 Å². The number of sulfonamides is 1. The summed E-state index contributed by atoms with van der Waals surface area (Å²) in [6, 6.07) is 2.61. The van der Waals surface area contributed by atoms with Gasteiger partial charge in [-0.3, -0.25) is 4.90 Å². The number of piperazine rings is 1. The minimum absolute atomic E-state index is 0.244. The van der Waals surface area contributed by atoms with Gasteiger partial charge < -0.3 is 4.52 Å². The molecule has 1 saturated heterocycles. The number of nitrogens with zero attached hydrogens (tertiary/aromatic N) is 4. The highest BCUT2D eigenvalue weighted by Gasteiger charge is 2.29. The maximum atomic E-state index is 13.3. The number of hydrogen-bond donors (Lipinski definition) is 0. The SMILES string of the molecule is CCCc1noc(CN2CCN(S(=O)(=O)c3ccc(F)c(F)c3)CC2)n1. The van der Waals surface area contributed by atoms with E-state index in [-0.39, 0.29) is 18.0 Å². The zero-order chi connectivity index (χ0) is 18.7. The van der Waals surface area contributed by atoms with Gasteiger partial charge in [0.05, 0.1) is 11.4 Å². The zero-order valence-corrected chi connectivity index (χ0v) is 15.2. The fourth-order valence-electron chi connectivity index (χ4n) is 2.79. The van der Waals surface area contributed by atoms with Crippen LogP contribution in [0.1, 0.15) is 25.1 Å². The number of aryl methyl sites for hydroxylation is 1. The Balaban J connectivity index is 1.61. The van der Waals surface area contributed by atoms with Crippen LogP contribution < -0.4 is 0 Å². The van der Waals surface area contributed by atoms with Crippen LogP contribution in [0.25, 0.3) is 0 Å². The summed E-state index contributed by atoms with van der Waals surface area (Å²) in [4.78, 5) is 6.07. The number of hydrogen-bond acceptors (Lipinski definition) is 6. The summed E-state index contributed by atoms with van der Waals surface area (Å²) >= 11 is 0. The summed E-state index contributed by atoms with van der Waals surface area (Å²) in [6.45, 7) is 3.94. The van der Waals surface area contributed by atoms with Crippen molar-refractivity contribution in [1.29, 1.82) is 0 Å². The van der Waals surface area contributed by atoms with Crippen molar-refractivity contribution in [1.82, 2.24) is 19.3 Å². The number of halogens is 2. The second kappa shape index (κ2) is 7.77. The van der Waals surface area contributed by atoms with Gasteiger partial charge in [0.15, 0.2) is 17.5 Å². The van der Waals surface area contributed by atoms with Crippen LogP contribution in [-0.2, 0) is 23.0 Å². The Morgan fingerprint density at radius 1 is 1.15 bits per heavy atom. The highest BCUT2D eigenvalue weighted by molar-refractivity contribution is 7.89. The molecule has 2 heterocycles. The van der Waals surface area contributed by atoms with Gasteiger partial charge in [0, 0.05) is 32.6 Å². The van der Waals surface area contributed by atoms with Gasteiger partial charge in [0.1, 0.15) is 0 Å². The van der Waals surface area contributed by atoms with E-state index in [9.17, 15) is 17.2 Å². The first-order valence-electron chi connectivity index (χ1n) is 8.39. The molecule has 0 amide bonds. The first-order chi connectivity index (χ1) is 12.4. The molecule has 1 aliphatic rings. The Kier molecular flexibility index (Phi) is 5.64. The Morgan fingerprint density at radius 3 is 2.54 bits per heavy atom. The summed E-state index contributed by atoms with van der Waals surface area (Å²) in [6.07, 6.45) is 1.68. The van der Waals surface area contributed by atoms with Gasteiger partial charge >= 0.3 is 0 Å². The van der Waals surface area contributed by atoms with Crippen LogP contribution in [0.15, 0.2) is 27.6 Å². The molecular formula is C16H20F2N4O3S. The molecular weight excluding hydrogens is 366 g/mol. The average Bonchev–Trinajstić information content (AvgIpc) is 3.05. The van der Waals surface area contributed by atoms with Crippen molar-refractivity contribution in [3.63, 3.8) is 0 Å². The molecule has 1 aromatic carbocycles. The van der Waals surface area contributed by atoms with Crippen LogP contribution >= 0.6 is 0 Å². The highest BCUT2D eigenvalue weighted by atomic mass is 32.2. The van der Waals surface area contributed by atoms with Gasteiger partial charge in [-0.1, -0.05) is 12.1 Å². The number of rotatable bonds is 6. The lowest BCUT2D eigenvalue weighted by Crippen LogP contribution is -2.48. The van der Waals surface area contributed by atoms with Crippen molar-refractivity contribution in [2.45, 2.75) is 31.2 Å². The summed E-state index contributed by atoms with van der Waals surface area (Å²) in [7, 11) is -3.85. The fourth-order valence-corrected chi connectivity index (χ4v) is 4.22. The van der Waals surface area contributed by atoms with Crippen LogP contribution in [0.3, 0.4) is 0 Å². The molecule has 0 atom stereocenters. The second-order valence-corrected chi connectivity index (χ2v) is 8.05. The van der Waals surface area contributed by atoms with E-state index in [0.29, 0.717) is 37.4 Å². The zero-order valence-electron chi connectivity index (χ0n) is 14.4. The van der Waals surface area contributed by atoms with E-state index >= 15 is 0 Å². The van der Waals surface area contributed by atoms with E-state index in [1.165, 1.54) is 4.31 Å². The molecule has 142 valence electrons. The van der Waals surface area contributed by atoms with Gasteiger partial charge in [0.2, 0.25) is 15.9 Å². The molecule has 1 aromatic heterocycles. The third-order valence-electron chi connectivity index (χ3n) is 4.20. The van der Waals surface area contributed by atoms with Gasteiger partial charge in [-0.25, -0.2) is 17.2 Å². The molecule has 1 fully saturated rings. The molecule has 1 aliphatic heterocycles. The molecule has 2 aromatic rings. The van der Waals surface area contributed by atoms with E-state index < -0.39 is 21.7 Å². The maximum absolute atomic E-state index is 13.3. The van der Waals surface area contributed by atoms with Crippen molar-refractivity contribution in [2.75, 3.05) is 26.2 Å². The monoisotopic (exact) mass is 386 g/mol. The quantitative estimate of drug-likeness (QED) is 0.753. The lowest BCUT2D eigenvalue weighted by Gasteiger charge is -2.33. The van der Waals surface area contributed by atoms with Crippen LogP contribution in [0.5, 0.6) is 0 Å². The first-order valence-corrected chi connectivity index (χ1v) is 9.83. The Labute approximate surface area is 150 Å². The van der Waals surface area contributed by atoms with E-state index in [0.717, 1.165) is 25.0 Å². The lowest BCUT2D eigenvalue weighted by molar-refractivity contribution is 0.163. The first kappa shape index (κ1) is 18.9. The predicted molar refractivity (Wildman–Crippen MR) is 88.7 cm³/mol. The summed E-state index contributed by atoms with van der Waals surface area (Å²) < 4.78 is 58.0. The Hall–Kier alpha value is -1.91. The van der Waals surface area contributed by atoms with Crippen molar-refractivity contribution in [3.05, 3.63) is 41.5 Å². The normalized spacial score (nSPS) is 16.9. The van der Waals surface area contributed by atoms with Gasteiger partial charge in [-0.15, -0.1) is 0 Å². The van der Waals surface area contributed by atoms with Crippen LogP contribution in [-0.4, -0.2) is 53.9 Å². The third kappa shape index (κ3) is 4.08. The van der Waals surface area contributed by atoms with Crippen molar-refractivity contribution < 1.29 is 21.7 Å². The standard InChI is InChI=1S/C16H20F2N4O3S/c1-2-3-15-19-16(25-20-15)11-21-6-8-22(9-7-21)26(23,24)12-4-5-13(17)14(18)10-12/h4-5,10H,2-3,6-9,11H2,1H3. The molecule has 0 aliphatic carbocycles. The minimum atomic E-state index is -3.85. The maximum Gasteiger partial charge on any atom is 0.243 e. The molecule has 10 heteroatoms. The molecule has 0 spiro atoms. The van der Waals surface area contributed by atoms with Gasteiger partial charge in [0.25, 0.3) is 0 Å². The van der Waals surface area contributed by atoms with E-state index in [1.54, 1.807) is 0 Å². The third-order valence-corrected chi connectivity index (χ3v) is 6.10. The van der Waals surface area contributed by atoms with Gasteiger partial charge in [-0.05, 0) is 24.6 Å². The largest absolute Gasteiger partial charge is 0.338 e. The summed E-state index contributed by atoms with van der Waals surface area (Å²) in [5, 5.41) is 3.90. The van der Waals surface area contributed by atoms with Crippen LogP contribution in [0.4, 0.5) is 8.78 Å². The highest BCUT2D eigenvalue weighted by Crippen LogP contribution is 2.20. The lowest BCUT2D eigenvalue weighted by atomic mass is 10.3. The van der Waals surface area contributed by atoms with Gasteiger partial charge in [-0.2, -0.15) is 9.29 Å². The molecule has 0 N–H and O–H groups in total. The second-order valence-electron chi connectivity index (χ2n) is 6.11. The molecule has 0 bridgehead atoms. The molecule has 0 radical (unpaired) electrons. The fraction of sp³-hybridized carbons (Fsp3) is 0.500. The molecule has 0 unspecified atom stereocenters. The van der Waals surface area contributed by atoms with E-state index in [4.69, 9.17) is 4.52 Å². The van der Waals surface area contributed by atoms with E-state index in [1.807, 2.05) is 11.8 Å². The minimum Gasteiger partial charge on any atom is -0.338 e. The van der Waals surface area contributed by atoms with Crippen LogP contribution in [0.2, 0.25) is 0 Å². The molecule has 0 saturated carbocycles. The summed E-state index contributed by atoms with van der Waals surface area (Å²) in [5.41, 5.74) is 0. The topological polar surface area (TPSA) is 79.5 Å². The van der Waals surface area contributed by atoms with Crippen molar-refractivity contribution >= 4 is 10.0 Å². The average molecular weight is 386 g/mol. The van der Waals surface area contributed by atoms with E-state index in [2.05, 4.69) is 10.1 Å². The molecule has 26 heavy (non-hydrogen) atoms. The molecule has 3 rings (SSSR count). The van der Waals surface area contributed by atoms with Crippen LogP contribution in [0, 0.1) is 11.6 Å². The molecule has 7 nitrogen and oxygen atoms in total. The number of aromatic nitrogens is 2. The Bertz CT molecular complexity index is 864.